The zero-order chi connectivity index (χ0) is 17.7. The molecule has 0 aromatic carbocycles. The third-order valence-electron chi connectivity index (χ3n) is 3.17. The fourth-order valence-electron chi connectivity index (χ4n) is 1.61. The summed E-state index contributed by atoms with van der Waals surface area (Å²) in [7, 11) is 0. The maximum atomic E-state index is 11.7. The zero-order valence-electron chi connectivity index (χ0n) is 12.5. The van der Waals surface area contributed by atoms with Crippen LogP contribution in [0.3, 0.4) is 0 Å². The van der Waals surface area contributed by atoms with Crippen molar-refractivity contribution in [3.63, 3.8) is 0 Å². The van der Waals surface area contributed by atoms with Gasteiger partial charge >= 0.3 is 12.1 Å². The molecule has 1 amide bonds. The SMILES string of the molecule is O=C(NC1CC1)c1ccc(OC2CNC2)cn1.O=C(O)C(F)(F)F. The van der Waals surface area contributed by atoms with Crippen LogP contribution in [0.5, 0.6) is 5.75 Å². The normalized spacial score (nSPS) is 17.1. The number of carbonyl (C=O) groups is 2. The average molecular weight is 347 g/mol. The zero-order valence-corrected chi connectivity index (χ0v) is 12.5. The predicted molar refractivity (Wildman–Crippen MR) is 75.7 cm³/mol. The third-order valence-corrected chi connectivity index (χ3v) is 3.17. The van der Waals surface area contributed by atoms with Crippen LogP contribution in [-0.2, 0) is 4.79 Å². The summed E-state index contributed by atoms with van der Waals surface area (Å²) in [4.78, 5) is 24.7. The highest BCUT2D eigenvalue weighted by atomic mass is 19.4. The second-order valence-electron chi connectivity index (χ2n) is 5.33. The maximum Gasteiger partial charge on any atom is 0.490 e. The number of amides is 1. The number of halogens is 3. The molecule has 2 heterocycles. The molecule has 0 atom stereocenters. The molecular formula is C14H16F3N3O4. The summed E-state index contributed by atoms with van der Waals surface area (Å²) in [5.74, 6) is -2.13. The number of alkyl halides is 3. The second-order valence-corrected chi connectivity index (χ2v) is 5.33. The van der Waals surface area contributed by atoms with Gasteiger partial charge in [-0.2, -0.15) is 13.2 Å². The van der Waals surface area contributed by atoms with Gasteiger partial charge in [0.05, 0.1) is 6.20 Å². The summed E-state index contributed by atoms with van der Waals surface area (Å²) >= 11 is 0. The van der Waals surface area contributed by atoms with Crippen LogP contribution in [0.25, 0.3) is 0 Å². The monoisotopic (exact) mass is 347 g/mol. The van der Waals surface area contributed by atoms with Crippen LogP contribution in [-0.4, -0.2) is 53.4 Å². The van der Waals surface area contributed by atoms with Crippen molar-refractivity contribution in [2.24, 2.45) is 0 Å². The predicted octanol–water partition coefficient (Wildman–Crippen LogP) is 0.958. The van der Waals surface area contributed by atoms with Crippen LogP contribution >= 0.6 is 0 Å². The van der Waals surface area contributed by atoms with Crippen LogP contribution in [0.2, 0.25) is 0 Å². The van der Waals surface area contributed by atoms with E-state index in [1.807, 2.05) is 0 Å². The number of hydrogen-bond acceptors (Lipinski definition) is 5. The number of carboxylic acids is 1. The second kappa shape index (κ2) is 7.47. The number of carboxylic acid groups (broad SMARTS) is 1. The van der Waals surface area contributed by atoms with Gasteiger partial charge in [-0.25, -0.2) is 9.78 Å². The van der Waals surface area contributed by atoms with Crippen LogP contribution in [0.15, 0.2) is 18.3 Å². The molecule has 1 saturated heterocycles. The number of rotatable bonds is 4. The van der Waals surface area contributed by atoms with Gasteiger partial charge in [0.25, 0.3) is 5.91 Å². The molecule has 3 N–H and O–H groups in total. The molecule has 0 unspecified atom stereocenters. The maximum absolute atomic E-state index is 11.7. The molecule has 1 aliphatic heterocycles. The van der Waals surface area contributed by atoms with Crippen LogP contribution in [0, 0.1) is 0 Å². The summed E-state index contributed by atoms with van der Waals surface area (Å²) in [5, 5.41) is 13.2. The van der Waals surface area contributed by atoms with Gasteiger partial charge in [-0.15, -0.1) is 0 Å². The minimum Gasteiger partial charge on any atom is -0.486 e. The summed E-state index contributed by atoms with van der Waals surface area (Å²) in [6.07, 6.45) is -1.06. The van der Waals surface area contributed by atoms with Crippen LogP contribution in [0.4, 0.5) is 13.2 Å². The van der Waals surface area contributed by atoms with Gasteiger partial charge in [0.2, 0.25) is 0 Å². The van der Waals surface area contributed by atoms with Gasteiger partial charge in [0.1, 0.15) is 17.5 Å². The topological polar surface area (TPSA) is 101 Å². The highest BCUT2D eigenvalue weighted by Crippen LogP contribution is 2.19. The van der Waals surface area contributed by atoms with E-state index in [1.54, 1.807) is 18.3 Å². The molecule has 2 aliphatic rings. The molecule has 132 valence electrons. The lowest BCUT2D eigenvalue weighted by Gasteiger charge is -2.27. The van der Waals surface area contributed by atoms with Crippen LogP contribution < -0.4 is 15.4 Å². The van der Waals surface area contributed by atoms with Crippen molar-refractivity contribution in [2.45, 2.75) is 31.2 Å². The van der Waals surface area contributed by atoms with Crippen molar-refractivity contribution in [3.05, 3.63) is 24.0 Å². The van der Waals surface area contributed by atoms with E-state index in [0.717, 1.165) is 31.7 Å². The molecule has 1 aromatic rings. The highest BCUT2D eigenvalue weighted by molar-refractivity contribution is 5.92. The minimum atomic E-state index is -5.08. The minimum absolute atomic E-state index is 0.0932. The molecule has 1 saturated carbocycles. The summed E-state index contributed by atoms with van der Waals surface area (Å²) < 4.78 is 37.4. The molecular weight excluding hydrogens is 331 g/mol. The van der Waals surface area contributed by atoms with Crippen molar-refractivity contribution in [1.29, 1.82) is 0 Å². The number of carbonyl (C=O) groups excluding carboxylic acids is 1. The Morgan fingerprint density at radius 2 is 1.92 bits per heavy atom. The van der Waals surface area contributed by atoms with E-state index in [0.29, 0.717) is 11.7 Å². The number of nitrogens with zero attached hydrogens (tertiary/aromatic N) is 1. The average Bonchev–Trinajstić information content (AvgIpc) is 3.27. The van der Waals surface area contributed by atoms with Gasteiger partial charge < -0.3 is 20.5 Å². The summed E-state index contributed by atoms with van der Waals surface area (Å²) in [5.41, 5.74) is 0.455. The van der Waals surface area contributed by atoms with E-state index in [-0.39, 0.29) is 12.0 Å². The molecule has 0 bridgehead atoms. The first kappa shape index (κ1) is 18.0. The molecule has 2 fully saturated rings. The molecule has 0 radical (unpaired) electrons. The fourth-order valence-corrected chi connectivity index (χ4v) is 1.61. The van der Waals surface area contributed by atoms with E-state index >= 15 is 0 Å². The van der Waals surface area contributed by atoms with E-state index in [4.69, 9.17) is 14.6 Å². The number of ether oxygens (including phenoxy) is 1. The fraction of sp³-hybridized carbons (Fsp3) is 0.500. The van der Waals surface area contributed by atoms with Crippen molar-refractivity contribution < 1.29 is 32.6 Å². The molecule has 3 rings (SSSR count). The van der Waals surface area contributed by atoms with Gasteiger partial charge in [-0.05, 0) is 25.0 Å². The number of aromatic nitrogens is 1. The van der Waals surface area contributed by atoms with E-state index < -0.39 is 12.1 Å². The first-order chi connectivity index (χ1) is 11.3. The summed E-state index contributed by atoms with van der Waals surface area (Å²) in [6.45, 7) is 1.76. The van der Waals surface area contributed by atoms with Crippen molar-refractivity contribution in [1.82, 2.24) is 15.6 Å². The Labute approximate surface area is 135 Å². The van der Waals surface area contributed by atoms with Gasteiger partial charge in [0.15, 0.2) is 0 Å². The molecule has 1 aliphatic carbocycles. The largest absolute Gasteiger partial charge is 0.490 e. The van der Waals surface area contributed by atoms with Crippen molar-refractivity contribution >= 4 is 11.9 Å². The lowest BCUT2D eigenvalue weighted by molar-refractivity contribution is -0.192. The molecule has 24 heavy (non-hydrogen) atoms. The number of aliphatic carboxylic acids is 1. The lowest BCUT2D eigenvalue weighted by Crippen LogP contribution is -2.50. The van der Waals surface area contributed by atoms with Crippen LogP contribution in [0.1, 0.15) is 23.3 Å². The number of nitrogens with one attached hydrogen (secondary N) is 2. The van der Waals surface area contributed by atoms with Crippen molar-refractivity contribution in [3.8, 4) is 5.75 Å². The number of hydrogen-bond donors (Lipinski definition) is 3. The van der Waals surface area contributed by atoms with Gasteiger partial charge in [0, 0.05) is 19.1 Å². The first-order valence-electron chi connectivity index (χ1n) is 7.20. The Bertz CT molecular complexity index is 584. The molecule has 0 spiro atoms. The third kappa shape index (κ3) is 5.69. The Hall–Kier alpha value is -2.36. The summed E-state index contributed by atoms with van der Waals surface area (Å²) in [6, 6.07) is 3.87. The van der Waals surface area contributed by atoms with Crippen molar-refractivity contribution in [2.75, 3.05) is 13.1 Å². The Kier molecular flexibility index (Phi) is 5.60. The highest BCUT2D eigenvalue weighted by Gasteiger charge is 2.38. The standard InChI is InChI=1S/C12H15N3O2.C2HF3O2/c16-12(15-8-1-2-8)11-4-3-9(7-14-11)17-10-5-13-6-10;3-2(4,5)1(6)7/h3-4,7-8,10,13H,1-2,5-6H2,(H,15,16);(H,6,7). The molecule has 10 heteroatoms. The smallest absolute Gasteiger partial charge is 0.486 e. The quantitative estimate of drug-likeness (QED) is 0.750. The van der Waals surface area contributed by atoms with Gasteiger partial charge in [-0.3, -0.25) is 4.79 Å². The molecule has 7 nitrogen and oxygen atoms in total. The lowest BCUT2D eigenvalue weighted by atomic mass is 10.2. The Balaban J connectivity index is 0.000000256. The van der Waals surface area contributed by atoms with E-state index in [9.17, 15) is 18.0 Å². The van der Waals surface area contributed by atoms with Gasteiger partial charge in [-0.1, -0.05) is 0 Å². The first-order valence-corrected chi connectivity index (χ1v) is 7.20. The Morgan fingerprint density at radius 3 is 2.29 bits per heavy atom. The van der Waals surface area contributed by atoms with E-state index in [2.05, 4.69) is 15.6 Å². The molecule has 1 aromatic heterocycles. The Morgan fingerprint density at radius 1 is 1.29 bits per heavy atom. The van der Waals surface area contributed by atoms with E-state index in [1.165, 1.54) is 0 Å². The number of pyridine rings is 1.